The Kier molecular flexibility index (Phi) is 9.52. The van der Waals surface area contributed by atoms with Crippen molar-refractivity contribution in [2.45, 2.75) is 23.2 Å². The van der Waals surface area contributed by atoms with Crippen LogP contribution in [0, 0.1) is 11.6 Å². The standard InChI is InChI=1S/C20H25F2N5O4S2/c21-14-2-1-12(5-15(14)22)8-27-3-4-31-13(9-27)6-24-18(29)11-33-20-26-16(10-32-20)19(30)25-7-17(23)28/h1-2,5,10,13,17,28H,3-4,6-9,11,23H2,(H,24,29)(H,25,30)/t13-,17-/m0/s1. The average Bonchev–Trinajstić information content (AvgIpc) is 3.26. The smallest absolute Gasteiger partial charge is 0.270 e. The van der Waals surface area contributed by atoms with E-state index in [-0.39, 0.29) is 30.0 Å². The van der Waals surface area contributed by atoms with Crippen molar-refractivity contribution in [3.8, 4) is 0 Å². The number of thiazole rings is 1. The number of nitrogens with one attached hydrogen (secondary N) is 2. The second-order valence-corrected chi connectivity index (χ2v) is 9.43. The monoisotopic (exact) mass is 501 g/mol. The van der Waals surface area contributed by atoms with Crippen LogP contribution in [-0.4, -0.2) is 77.7 Å². The second kappa shape index (κ2) is 12.3. The molecular formula is C20H25F2N5O4S2. The van der Waals surface area contributed by atoms with Crippen molar-refractivity contribution >= 4 is 34.9 Å². The van der Waals surface area contributed by atoms with Crippen LogP contribution in [0.2, 0.25) is 0 Å². The van der Waals surface area contributed by atoms with Gasteiger partial charge in [0.2, 0.25) is 5.91 Å². The molecular weight excluding hydrogens is 476 g/mol. The van der Waals surface area contributed by atoms with Gasteiger partial charge >= 0.3 is 0 Å². The van der Waals surface area contributed by atoms with Crippen LogP contribution in [0.5, 0.6) is 0 Å². The molecule has 0 radical (unpaired) electrons. The van der Waals surface area contributed by atoms with Crippen LogP contribution in [0.15, 0.2) is 27.9 Å². The number of rotatable bonds is 10. The summed E-state index contributed by atoms with van der Waals surface area (Å²) < 4.78 is 32.8. The highest BCUT2D eigenvalue weighted by Gasteiger charge is 2.21. The molecule has 2 aromatic rings. The summed E-state index contributed by atoms with van der Waals surface area (Å²) in [6.45, 7) is 2.39. The number of hydrogen-bond acceptors (Lipinski definition) is 9. The summed E-state index contributed by atoms with van der Waals surface area (Å²) in [6, 6.07) is 3.86. The van der Waals surface area contributed by atoms with Crippen LogP contribution in [-0.2, 0) is 16.1 Å². The minimum Gasteiger partial charge on any atom is -0.377 e. The van der Waals surface area contributed by atoms with Gasteiger partial charge in [-0.2, -0.15) is 0 Å². The van der Waals surface area contributed by atoms with Crippen molar-refractivity contribution in [1.82, 2.24) is 20.5 Å². The first-order valence-electron chi connectivity index (χ1n) is 10.1. The summed E-state index contributed by atoms with van der Waals surface area (Å²) in [5.41, 5.74) is 6.04. The van der Waals surface area contributed by atoms with E-state index in [1.54, 1.807) is 11.4 Å². The summed E-state index contributed by atoms with van der Waals surface area (Å²) in [5.74, 6) is -2.27. The van der Waals surface area contributed by atoms with Gasteiger partial charge in [-0.3, -0.25) is 14.5 Å². The van der Waals surface area contributed by atoms with Gasteiger partial charge in [0.15, 0.2) is 16.0 Å². The number of benzene rings is 1. The normalized spacial score (nSPS) is 17.5. The molecule has 180 valence electrons. The number of halogens is 2. The van der Waals surface area contributed by atoms with Gasteiger partial charge in [-0.05, 0) is 17.7 Å². The van der Waals surface area contributed by atoms with E-state index in [2.05, 4.69) is 20.5 Å². The summed E-state index contributed by atoms with van der Waals surface area (Å²) in [4.78, 5) is 30.3. The first-order valence-corrected chi connectivity index (χ1v) is 12.0. The van der Waals surface area contributed by atoms with Crippen LogP contribution < -0.4 is 16.4 Å². The van der Waals surface area contributed by atoms with Crippen molar-refractivity contribution in [3.05, 3.63) is 46.5 Å². The molecule has 1 aliphatic rings. The van der Waals surface area contributed by atoms with Crippen LogP contribution >= 0.6 is 23.1 Å². The fourth-order valence-corrected chi connectivity index (χ4v) is 4.70. The molecule has 0 bridgehead atoms. The molecule has 2 amide bonds. The molecule has 1 aromatic carbocycles. The van der Waals surface area contributed by atoms with Crippen LogP contribution in [0.4, 0.5) is 8.78 Å². The van der Waals surface area contributed by atoms with Crippen molar-refractivity contribution in [1.29, 1.82) is 0 Å². The lowest BCUT2D eigenvalue weighted by molar-refractivity contribution is -0.119. The van der Waals surface area contributed by atoms with Gasteiger partial charge in [0, 0.05) is 31.6 Å². The zero-order chi connectivity index (χ0) is 23.8. The Balaban J connectivity index is 1.38. The fraction of sp³-hybridized carbons (Fsp3) is 0.450. The molecule has 1 aliphatic heterocycles. The predicted molar refractivity (Wildman–Crippen MR) is 120 cm³/mol. The quantitative estimate of drug-likeness (QED) is 0.274. The lowest BCUT2D eigenvalue weighted by atomic mass is 10.1. The zero-order valence-electron chi connectivity index (χ0n) is 17.6. The molecule has 1 aromatic heterocycles. The number of ether oxygens (including phenoxy) is 1. The maximum absolute atomic E-state index is 13.4. The van der Waals surface area contributed by atoms with E-state index in [0.29, 0.717) is 42.7 Å². The molecule has 0 aliphatic carbocycles. The Morgan fingerprint density at radius 3 is 2.94 bits per heavy atom. The van der Waals surface area contributed by atoms with Gasteiger partial charge < -0.3 is 26.2 Å². The van der Waals surface area contributed by atoms with E-state index in [9.17, 15) is 18.4 Å². The Labute approximate surface area is 197 Å². The molecule has 1 saturated heterocycles. The highest BCUT2D eigenvalue weighted by molar-refractivity contribution is 8.01. The zero-order valence-corrected chi connectivity index (χ0v) is 19.3. The Morgan fingerprint density at radius 1 is 1.36 bits per heavy atom. The number of nitrogens with two attached hydrogens (primary N) is 1. The molecule has 3 rings (SSSR count). The lowest BCUT2D eigenvalue weighted by Crippen LogP contribution is -2.47. The number of nitrogens with zero attached hydrogens (tertiary/aromatic N) is 2. The first-order chi connectivity index (χ1) is 15.8. The van der Waals surface area contributed by atoms with Crippen molar-refractivity contribution in [3.63, 3.8) is 0 Å². The Morgan fingerprint density at radius 2 is 2.18 bits per heavy atom. The maximum Gasteiger partial charge on any atom is 0.270 e. The molecule has 2 atom stereocenters. The molecule has 33 heavy (non-hydrogen) atoms. The van der Waals surface area contributed by atoms with Gasteiger partial charge in [0.05, 0.1) is 25.0 Å². The predicted octanol–water partition coefficient (Wildman–Crippen LogP) is 0.538. The van der Waals surface area contributed by atoms with E-state index in [1.165, 1.54) is 29.2 Å². The number of carbonyl (C=O) groups excluding carboxylic acids is 2. The van der Waals surface area contributed by atoms with Gasteiger partial charge in [-0.15, -0.1) is 11.3 Å². The van der Waals surface area contributed by atoms with Crippen molar-refractivity contribution in [2.75, 3.05) is 38.5 Å². The van der Waals surface area contributed by atoms with Gasteiger partial charge in [0.25, 0.3) is 5.91 Å². The maximum atomic E-state index is 13.4. The molecule has 1 fully saturated rings. The third-order valence-corrected chi connectivity index (χ3v) is 6.68. The van der Waals surface area contributed by atoms with E-state index >= 15 is 0 Å². The van der Waals surface area contributed by atoms with Gasteiger partial charge in [0.1, 0.15) is 11.9 Å². The van der Waals surface area contributed by atoms with E-state index < -0.39 is 23.8 Å². The SMILES string of the molecule is N[C@@H](O)CNC(=O)c1csc(SCC(=O)NC[C@H]2CN(Cc3ccc(F)c(F)c3)CCO2)n1. The van der Waals surface area contributed by atoms with Crippen molar-refractivity contribution < 1.29 is 28.2 Å². The molecule has 5 N–H and O–H groups in total. The number of aliphatic hydroxyl groups excluding tert-OH is 1. The number of morpholine rings is 1. The highest BCUT2D eigenvalue weighted by Crippen LogP contribution is 2.22. The first kappa shape index (κ1) is 25.5. The van der Waals surface area contributed by atoms with Crippen molar-refractivity contribution in [2.24, 2.45) is 5.73 Å². The summed E-state index contributed by atoms with van der Waals surface area (Å²) >= 11 is 2.45. The summed E-state index contributed by atoms with van der Waals surface area (Å²) in [6.07, 6.45) is -1.36. The molecule has 0 unspecified atom stereocenters. The van der Waals surface area contributed by atoms with E-state index in [4.69, 9.17) is 15.6 Å². The highest BCUT2D eigenvalue weighted by atomic mass is 32.2. The van der Waals surface area contributed by atoms with Crippen LogP contribution in [0.25, 0.3) is 0 Å². The summed E-state index contributed by atoms with van der Waals surface area (Å²) in [5, 5.41) is 15.8. The number of aromatic nitrogens is 1. The lowest BCUT2D eigenvalue weighted by Gasteiger charge is -2.33. The number of hydrogen-bond donors (Lipinski definition) is 4. The fourth-order valence-electron chi connectivity index (χ4n) is 3.07. The summed E-state index contributed by atoms with van der Waals surface area (Å²) in [7, 11) is 0. The molecule has 2 heterocycles. The van der Waals surface area contributed by atoms with Crippen LogP contribution in [0.3, 0.4) is 0 Å². The second-order valence-electron chi connectivity index (χ2n) is 7.35. The number of aliphatic hydroxyl groups is 1. The molecule has 13 heteroatoms. The van der Waals surface area contributed by atoms with E-state index in [1.807, 2.05) is 0 Å². The minimum absolute atomic E-state index is 0.0807. The number of amides is 2. The molecule has 0 saturated carbocycles. The van der Waals surface area contributed by atoms with E-state index in [0.717, 1.165) is 6.07 Å². The third kappa shape index (κ3) is 8.28. The van der Waals surface area contributed by atoms with Gasteiger partial charge in [-0.1, -0.05) is 17.8 Å². The Bertz CT molecular complexity index is 962. The van der Waals surface area contributed by atoms with Crippen LogP contribution in [0.1, 0.15) is 16.1 Å². The minimum atomic E-state index is -1.14. The molecule has 9 nitrogen and oxygen atoms in total. The number of thioether (sulfide) groups is 1. The third-order valence-electron chi connectivity index (χ3n) is 4.65. The topological polar surface area (TPSA) is 130 Å². The average molecular weight is 502 g/mol. The Hall–Kier alpha value is -2.16. The number of carbonyl (C=O) groups is 2. The molecule has 0 spiro atoms. The van der Waals surface area contributed by atoms with Gasteiger partial charge in [-0.25, -0.2) is 13.8 Å². The largest absolute Gasteiger partial charge is 0.377 e.